The molecule has 2 unspecified atom stereocenters. The number of allylic oxidation sites excluding steroid dienone is 16. The highest BCUT2D eigenvalue weighted by Gasteiger charge is 2.26. The molecular weight excluding hydrogens is 701 g/mol. The average Bonchev–Trinajstić information content (AvgIpc) is 3.15. The number of hydrogen-bond donors (Lipinski definition) is 2. The average molecular weight is 774 g/mol. The molecule has 0 aromatic carbocycles. The molecule has 0 radical (unpaired) electrons. The van der Waals surface area contributed by atoms with E-state index in [1.165, 1.54) is 19.3 Å². The first-order chi connectivity index (χ1) is 26.3. The molecule has 0 saturated heterocycles. The predicted molar refractivity (Wildman–Crippen MR) is 224 cm³/mol. The summed E-state index contributed by atoms with van der Waals surface area (Å²) in [5, 5.41) is 2.81. The fourth-order valence-electron chi connectivity index (χ4n) is 4.65. The second-order valence-corrected chi connectivity index (χ2v) is 14.2. The van der Waals surface area contributed by atoms with Gasteiger partial charge in [-0.15, -0.1) is 0 Å². The Hall–Kier alpha value is -3.07. The molecule has 0 aliphatic rings. The maximum atomic E-state index is 12.6. The van der Waals surface area contributed by atoms with Gasteiger partial charge in [-0.1, -0.05) is 124 Å². The molecule has 0 fully saturated rings. The summed E-state index contributed by atoms with van der Waals surface area (Å²) in [6.45, 7) is 3.93. The van der Waals surface area contributed by atoms with Crippen molar-refractivity contribution in [3.63, 3.8) is 0 Å². The fraction of sp³-hybridized carbons (Fsp3) is 0.591. The minimum atomic E-state index is -4.38. The number of rotatable bonds is 36. The maximum Gasteiger partial charge on any atom is 0.472 e. The zero-order chi connectivity index (χ0) is 39.6. The molecule has 0 aromatic rings. The summed E-state index contributed by atoms with van der Waals surface area (Å²) in [6, 6.07) is 0. The van der Waals surface area contributed by atoms with Crippen molar-refractivity contribution in [2.75, 3.05) is 33.4 Å². The zero-order valence-electron chi connectivity index (χ0n) is 33.6. The lowest BCUT2D eigenvalue weighted by molar-refractivity contribution is -0.161. The van der Waals surface area contributed by atoms with Crippen LogP contribution in [-0.4, -0.2) is 56.3 Å². The lowest BCUT2D eigenvalue weighted by Crippen LogP contribution is -2.29. The van der Waals surface area contributed by atoms with E-state index in [0.717, 1.165) is 70.6 Å². The van der Waals surface area contributed by atoms with Gasteiger partial charge in [0.15, 0.2) is 6.10 Å². The number of carbonyl (C=O) groups is 2. The number of esters is 2. The molecule has 0 heterocycles. The lowest BCUT2D eigenvalue weighted by atomic mass is 10.1. The summed E-state index contributed by atoms with van der Waals surface area (Å²) in [6.07, 6.45) is 48.9. The highest BCUT2D eigenvalue weighted by atomic mass is 31.2. The van der Waals surface area contributed by atoms with Crippen LogP contribution in [0.5, 0.6) is 0 Å². The number of likely N-dealkylation sites (N-methyl/N-ethyl adjacent to an activating group) is 1. The van der Waals surface area contributed by atoms with Gasteiger partial charge >= 0.3 is 19.8 Å². The normalized spacial score (nSPS) is 14.4. The number of carbonyl (C=O) groups excluding carboxylic acids is 2. The topological polar surface area (TPSA) is 120 Å². The van der Waals surface area contributed by atoms with E-state index in [0.29, 0.717) is 19.4 Å². The van der Waals surface area contributed by atoms with E-state index in [9.17, 15) is 19.0 Å². The quantitative estimate of drug-likeness (QED) is 0.0277. The molecule has 2 atom stereocenters. The van der Waals surface area contributed by atoms with Crippen LogP contribution in [0, 0.1) is 0 Å². The van der Waals surface area contributed by atoms with Crippen LogP contribution < -0.4 is 5.32 Å². The SMILES string of the molecule is CC/C=C\C/C=C\C/C=C\C/C=C\C/C=C\CCCC(=O)OCC(COP(=O)(O)OCCNC)OC(=O)CCCC/C=C\C/C=C\C/C=C\CCCCC. The monoisotopic (exact) mass is 773 g/mol. The van der Waals surface area contributed by atoms with Crippen molar-refractivity contribution in [3.05, 3.63) is 97.2 Å². The van der Waals surface area contributed by atoms with Crippen LogP contribution in [0.25, 0.3) is 0 Å². The number of nitrogens with one attached hydrogen (secondary N) is 1. The number of unbranched alkanes of at least 4 members (excludes halogenated alkanes) is 6. The fourth-order valence-corrected chi connectivity index (χ4v) is 5.40. The van der Waals surface area contributed by atoms with Gasteiger partial charge in [0.25, 0.3) is 0 Å². The molecule has 0 rings (SSSR count). The van der Waals surface area contributed by atoms with Gasteiger partial charge < -0.3 is 19.7 Å². The van der Waals surface area contributed by atoms with Crippen LogP contribution in [0.4, 0.5) is 0 Å². The van der Waals surface area contributed by atoms with Crippen molar-refractivity contribution in [2.24, 2.45) is 0 Å². The van der Waals surface area contributed by atoms with Gasteiger partial charge in [0.1, 0.15) is 6.61 Å². The minimum absolute atomic E-state index is 0.0388. The third kappa shape index (κ3) is 38.6. The first kappa shape index (κ1) is 50.9. The Labute approximate surface area is 328 Å². The van der Waals surface area contributed by atoms with Crippen molar-refractivity contribution in [2.45, 2.75) is 136 Å². The molecule has 9 nitrogen and oxygen atoms in total. The van der Waals surface area contributed by atoms with Gasteiger partial charge in [0.2, 0.25) is 0 Å². The van der Waals surface area contributed by atoms with E-state index in [1.54, 1.807) is 7.05 Å². The summed E-state index contributed by atoms with van der Waals surface area (Å²) in [4.78, 5) is 34.9. The number of hydrogen-bond acceptors (Lipinski definition) is 8. The van der Waals surface area contributed by atoms with Crippen LogP contribution >= 0.6 is 7.82 Å². The van der Waals surface area contributed by atoms with Crippen molar-refractivity contribution >= 4 is 19.8 Å². The van der Waals surface area contributed by atoms with E-state index in [-0.39, 0.29) is 26.1 Å². The van der Waals surface area contributed by atoms with Crippen LogP contribution in [0.15, 0.2) is 97.2 Å². The van der Waals surface area contributed by atoms with Crippen molar-refractivity contribution in [1.82, 2.24) is 5.32 Å². The lowest BCUT2D eigenvalue weighted by Gasteiger charge is -2.20. The largest absolute Gasteiger partial charge is 0.472 e. The molecule has 2 N–H and O–H groups in total. The van der Waals surface area contributed by atoms with Crippen LogP contribution in [-0.2, 0) is 32.7 Å². The van der Waals surface area contributed by atoms with Gasteiger partial charge in [0.05, 0.1) is 13.2 Å². The summed E-state index contributed by atoms with van der Waals surface area (Å²) >= 11 is 0. The Bertz CT molecular complexity index is 1200. The molecule has 0 bridgehead atoms. The second-order valence-electron chi connectivity index (χ2n) is 12.7. The Kier molecular flexibility index (Phi) is 37.4. The molecule has 0 spiro atoms. The number of ether oxygens (including phenoxy) is 2. The summed E-state index contributed by atoms with van der Waals surface area (Å²) in [5.74, 6) is -0.932. The summed E-state index contributed by atoms with van der Waals surface area (Å²) in [5.41, 5.74) is 0. The second kappa shape index (κ2) is 39.6. The molecule has 0 aliphatic heterocycles. The van der Waals surface area contributed by atoms with E-state index in [4.69, 9.17) is 18.5 Å². The summed E-state index contributed by atoms with van der Waals surface area (Å²) in [7, 11) is -2.69. The Balaban J connectivity index is 4.46. The number of phosphoric ester groups is 1. The molecule has 10 heteroatoms. The highest BCUT2D eigenvalue weighted by molar-refractivity contribution is 7.47. The van der Waals surface area contributed by atoms with Gasteiger partial charge in [-0.25, -0.2) is 4.57 Å². The van der Waals surface area contributed by atoms with Gasteiger partial charge in [-0.05, 0) is 96.9 Å². The smallest absolute Gasteiger partial charge is 0.462 e. The third-order valence-corrected chi connectivity index (χ3v) is 8.67. The Morgan fingerprint density at radius 1 is 0.593 bits per heavy atom. The van der Waals surface area contributed by atoms with E-state index >= 15 is 0 Å². The van der Waals surface area contributed by atoms with Crippen LogP contribution in [0.3, 0.4) is 0 Å². The van der Waals surface area contributed by atoms with E-state index in [1.807, 2.05) is 6.08 Å². The molecule has 0 saturated carbocycles. The molecular formula is C44H72NO8P. The Morgan fingerprint density at radius 2 is 1.06 bits per heavy atom. The van der Waals surface area contributed by atoms with Crippen LogP contribution in [0.1, 0.15) is 129 Å². The van der Waals surface area contributed by atoms with E-state index < -0.39 is 32.5 Å². The van der Waals surface area contributed by atoms with E-state index in [2.05, 4.69) is 110 Å². The molecule has 54 heavy (non-hydrogen) atoms. The first-order valence-electron chi connectivity index (χ1n) is 20.2. The molecule has 0 amide bonds. The van der Waals surface area contributed by atoms with Crippen molar-refractivity contribution < 1.29 is 37.6 Å². The van der Waals surface area contributed by atoms with Gasteiger partial charge in [-0.3, -0.25) is 18.6 Å². The van der Waals surface area contributed by atoms with Gasteiger partial charge in [0, 0.05) is 19.4 Å². The van der Waals surface area contributed by atoms with Crippen molar-refractivity contribution in [1.29, 1.82) is 0 Å². The molecule has 0 aromatic heterocycles. The van der Waals surface area contributed by atoms with Gasteiger partial charge in [-0.2, -0.15) is 0 Å². The summed E-state index contributed by atoms with van der Waals surface area (Å²) < 4.78 is 33.0. The maximum absolute atomic E-state index is 12.6. The first-order valence-corrected chi connectivity index (χ1v) is 21.7. The molecule has 306 valence electrons. The minimum Gasteiger partial charge on any atom is -0.462 e. The standard InChI is InChI=1S/C44H72NO8P/c1-4-6-8-10-12-14-16-18-20-21-23-24-26-28-30-32-34-36-43(46)50-40-42(41-52-54(48,49)51-39-38-45-3)53-44(47)37-35-33-31-29-27-25-22-19-17-15-13-11-9-7-5-2/h6,8,12-15,18-20,22-24,27-30,42,45H,4-5,7,9-11,16-17,21,25-26,31-41H2,1-3H3,(H,48,49)/b8-6-,14-12-,15-13-,20-18-,22-19-,24-23-,29-27-,30-28-. The zero-order valence-corrected chi connectivity index (χ0v) is 34.5. The Morgan fingerprint density at radius 3 is 1.56 bits per heavy atom. The predicted octanol–water partition coefficient (Wildman–Crippen LogP) is 11.3. The van der Waals surface area contributed by atoms with Crippen LogP contribution in [0.2, 0.25) is 0 Å². The number of phosphoric acid groups is 1. The van der Waals surface area contributed by atoms with Crippen molar-refractivity contribution in [3.8, 4) is 0 Å². The third-order valence-electron chi connectivity index (χ3n) is 7.69. The highest BCUT2D eigenvalue weighted by Crippen LogP contribution is 2.43. The molecule has 0 aliphatic carbocycles.